The van der Waals surface area contributed by atoms with Crippen molar-refractivity contribution in [3.05, 3.63) is 24.4 Å². The van der Waals surface area contributed by atoms with E-state index in [-0.39, 0.29) is 5.91 Å². The summed E-state index contributed by atoms with van der Waals surface area (Å²) >= 11 is 0. The maximum atomic E-state index is 12.0. The predicted octanol–water partition coefficient (Wildman–Crippen LogP) is 1.28. The monoisotopic (exact) mass is 279 g/mol. The summed E-state index contributed by atoms with van der Waals surface area (Å²) in [5.41, 5.74) is 0.544. The minimum Gasteiger partial charge on any atom is -0.385 e. The van der Waals surface area contributed by atoms with Gasteiger partial charge in [-0.15, -0.1) is 0 Å². The molecule has 0 aromatic rings. The van der Waals surface area contributed by atoms with Crippen LogP contribution in [-0.2, 0) is 4.79 Å². The van der Waals surface area contributed by atoms with E-state index in [9.17, 15) is 18.0 Å². The highest BCUT2D eigenvalue weighted by Gasteiger charge is 2.28. The van der Waals surface area contributed by atoms with E-state index in [0.29, 0.717) is 25.2 Å². The Morgan fingerprint density at radius 3 is 2.53 bits per heavy atom. The summed E-state index contributed by atoms with van der Waals surface area (Å²) in [6.07, 6.45) is -0.773. The maximum Gasteiger partial charge on any atom is 0.401 e. The number of rotatable bonds is 8. The van der Waals surface area contributed by atoms with E-state index in [0.717, 1.165) is 0 Å². The van der Waals surface area contributed by atoms with Crippen LogP contribution in [0.25, 0.3) is 0 Å². The first-order valence-electron chi connectivity index (χ1n) is 5.82. The standard InChI is InChI=1S/C12H20F3N3O/c1-10(5-6-11(19)16-2)17-7-4-8-18(3)9-12(13,14)15/h5-6,17H,1,4,7-9H2,2-3H3,(H,16,19)/b6-5+. The van der Waals surface area contributed by atoms with Gasteiger partial charge in [-0.2, -0.15) is 13.2 Å². The molecule has 7 heteroatoms. The van der Waals surface area contributed by atoms with Crippen molar-refractivity contribution in [3.63, 3.8) is 0 Å². The van der Waals surface area contributed by atoms with Crippen molar-refractivity contribution in [2.75, 3.05) is 33.7 Å². The van der Waals surface area contributed by atoms with Gasteiger partial charge in [-0.1, -0.05) is 6.58 Å². The van der Waals surface area contributed by atoms with Gasteiger partial charge in [0.05, 0.1) is 6.54 Å². The molecule has 0 aliphatic rings. The van der Waals surface area contributed by atoms with Crippen LogP contribution >= 0.6 is 0 Å². The van der Waals surface area contributed by atoms with Gasteiger partial charge in [-0.05, 0) is 26.1 Å². The third kappa shape index (κ3) is 11.3. The van der Waals surface area contributed by atoms with Crippen LogP contribution in [0.2, 0.25) is 0 Å². The minimum absolute atomic E-state index is 0.243. The van der Waals surface area contributed by atoms with E-state index in [4.69, 9.17) is 0 Å². The van der Waals surface area contributed by atoms with Gasteiger partial charge in [0.25, 0.3) is 0 Å². The molecule has 0 unspecified atom stereocenters. The van der Waals surface area contributed by atoms with Crippen molar-refractivity contribution in [3.8, 4) is 0 Å². The van der Waals surface area contributed by atoms with Gasteiger partial charge in [-0.25, -0.2) is 0 Å². The average molecular weight is 279 g/mol. The van der Waals surface area contributed by atoms with Gasteiger partial charge in [0, 0.05) is 25.4 Å². The molecule has 0 aliphatic heterocycles. The molecule has 0 radical (unpaired) electrons. The summed E-state index contributed by atoms with van der Waals surface area (Å²) < 4.78 is 36.1. The van der Waals surface area contributed by atoms with Gasteiger partial charge < -0.3 is 10.6 Å². The number of hydrogen-bond acceptors (Lipinski definition) is 3. The van der Waals surface area contributed by atoms with Crippen molar-refractivity contribution in [1.82, 2.24) is 15.5 Å². The first-order chi connectivity index (χ1) is 8.74. The number of hydrogen-bond donors (Lipinski definition) is 2. The molecule has 0 aliphatic carbocycles. The summed E-state index contributed by atoms with van der Waals surface area (Å²) in [4.78, 5) is 12.1. The Balaban J connectivity index is 3.72. The minimum atomic E-state index is -4.16. The van der Waals surface area contributed by atoms with E-state index < -0.39 is 12.7 Å². The average Bonchev–Trinajstić information content (AvgIpc) is 2.29. The molecular formula is C12H20F3N3O. The quantitative estimate of drug-likeness (QED) is 0.399. The Hall–Kier alpha value is -1.50. The molecule has 0 fully saturated rings. The lowest BCUT2D eigenvalue weighted by Gasteiger charge is -2.18. The molecule has 19 heavy (non-hydrogen) atoms. The van der Waals surface area contributed by atoms with Crippen molar-refractivity contribution in [1.29, 1.82) is 0 Å². The van der Waals surface area contributed by atoms with Crippen molar-refractivity contribution in [2.45, 2.75) is 12.6 Å². The highest BCUT2D eigenvalue weighted by atomic mass is 19.4. The van der Waals surface area contributed by atoms with E-state index in [1.165, 1.54) is 31.1 Å². The summed E-state index contributed by atoms with van der Waals surface area (Å²) in [5.74, 6) is -0.243. The second-order valence-corrected chi connectivity index (χ2v) is 4.11. The molecule has 0 aromatic heterocycles. The number of carbonyl (C=O) groups is 1. The summed E-state index contributed by atoms with van der Waals surface area (Å²) in [6.45, 7) is 3.58. The molecule has 0 rings (SSSR count). The second kappa shape index (κ2) is 8.58. The summed E-state index contributed by atoms with van der Waals surface area (Å²) in [5, 5.41) is 5.33. The number of nitrogens with zero attached hydrogens (tertiary/aromatic N) is 1. The molecular weight excluding hydrogens is 259 g/mol. The molecule has 2 N–H and O–H groups in total. The first-order valence-corrected chi connectivity index (χ1v) is 5.82. The number of nitrogens with one attached hydrogen (secondary N) is 2. The Kier molecular flexibility index (Phi) is 7.90. The summed E-state index contributed by atoms with van der Waals surface area (Å²) in [7, 11) is 2.94. The molecule has 0 aromatic carbocycles. The zero-order chi connectivity index (χ0) is 14.9. The fourth-order valence-electron chi connectivity index (χ4n) is 1.30. The zero-order valence-electron chi connectivity index (χ0n) is 11.2. The lowest BCUT2D eigenvalue weighted by atomic mass is 10.3. The topological polar surface area (TPSA) is 44.4 Å². The molecule has 0 bridgehead atoms. The number of amides is 1. The van der Waals surface area contributed by atoms with Crippen LogP contribution in [0.3, 0.4) is 0 Å². The summed E-state index contributed by atoms with van der Waals surface area (Å²) in [6, 6.07) is 0. The van der Waals surface area contributed by atoms with Crippen molar-refractivity contribution >= 4 is 5.91 Å². The lowest BCUT2D eigenvalue weighted by molar-refractivity contribution is -0.143. The third-order valence-corrected chi connectivity index (χ3v) is 2.20. The van der Waals surface area contributed by atoms with Gasteiger partial charge >= 0.3 is 6.18 Å². The van der Waals surface area contributed by atoms with E-state index in [1.807, 2.05) is 0 Å². The van der Waals surface area contributed by atoms with Gasteiger partial charge in [0.2, 0.25) is 5.91 Å². The Morgan fingerprint density at radius 2 is 2.00 bits per heavy atom. The van der Waals surface area contributed by atoms with E-state index in [2.05, 4.69) is 17.2 Å². The van der Waals surface area contributed by atoms with E-state index >= 15 is 0 Å². The fourth-order valence-corrected chi connectivity index (χ4v) is 1.30. The van der Waals surface area contributed by atoms with Crippen LogP contribution in [-0.4, -0.2) is 50.7 Å². The highest BCUT2D eigenvalue weighted by molar-refractivity contribution is 5.87. The van der Waals surface area contributed by atoms with Crippen LogP contribution in [0.15, 0.2) is 24.4 Å². The smallest absolute Gasteiger partial charge is 0.385 e. The normalized spacial score (nSPS) is 11.9. The second-order valence-electron chi connectivity index (χ2n) is 4.11. The third-order valence-electron chi connectivity index (χ3n) is 2.20. The predicted molar refractivity (Wildman–Crippen MR) is 68.5 cm³/mol. The van der Waals surface area contributed by atoms with Crippen molar-refractivity contribution in [2.24, 2.45) is 0 Å². The molecule has 0 heterocycles. The van der Waals surface area contributed by atoms with Crippen LogP contribution in [0.1, 0.15) is 6.42 Å². The van der Waals surface area contributed by atoms with Gasteiger partial charge in [0.1, 0.15) is 0 Å². The molecule has 0 saturated carbocycles. The largest absolute Gasteiger partial charge is 0.401 e. The molecule has 4 nitrogen and oxygen atoms in total. The number of halogens is 3. The number of allylic oxidation sites excluding steroid dienone is 1. The molecule has 0 saturated heterocycles. The fraction of sp³-hybridized carbons (Fsp3) is 0.583. The number of likely N-dealkylation sites (N-methyl/N-ethyl adjacent to an activating group) is 1. The number of alkyl halides is 3. The van der Waals surface area contributed by atoms with Crippen molar-refractivity contribution < 1.29 is 18.0 Å². The highest BCUT2D eigenvalue weighted by Crippen LogP contribution is 2.15. The van der Waals surface area contributed by atoms with Crippen LogP contribution in [0.4, 0.5) is 13.2 Å². The molecule has 1 amide bonds. The molecule has 110 valence electrons. The Bertz CT molecular complexity index is 327. The SMILES string of the molecule is C=C(/C=C/C(=O)NC)NCCCN(C)CC(F)(F)F. The van der Waals surface area contributed by atoms with Crippen LogP contribution in [0, 0.1) is 0 Å². The number of carbonyl (C=O) groups excluding carboxylic acids is 1. The molecule has 0 spiro atoms. The van der Waals surface area contributed by atoms with Crippen LogP contribution < -0.4 is 10.6 Å². The lowest BCUT2D eigenvalue weighted by Crippen LogP contribution is -2.32. The van der Waals surface area contributed by atoms with Crippen LogP contribution in [0.5, 0.6) is 0 Å². The van der Waals surface area contributed by atoms with Gasteiger partial charge in [-0.3, -0.25) is 9.69 Å². The van der Waals surface area contributed by atoms with E-state index in [1.54, 1.807) is 0 Å². The Morgan fingerprint density at radius 1 is 1.37 bits per heavy atom. The zero-order valence-corrected chi connectivity index (χ0v) is 11.2. The van der Waals surface area contributed by atoms with Gasteiger partial charge in [0.15, 0.2) is 0 Å². The molecule has 0 atom stereocenters. The maximum absolute atomic E-state index is 12.0. The first kappa shape index (κ1) is 17.5. The Labute approximate surface area is 111 Å².